The lowest BCUT2D eigenvalue weighted by Gasteiger charge is -2.34. The SMILES string of the molecule is CC(=O)N1CCc2cc(C(=O)N3CCN(CC(=O)Nc4ccccc4)CC3)ccc21. The molecule has 0 bridgehead atoms. The number of anilines is 2. The van der Waals surface area contributed by atoms with Crippen molar-refractivity contribution < 1.29 is 14.4 Å². The molecule has 0 radical (unpaired) electrons. The smallest absolute Gasteiger partial charge is 0.253 e. The zero-order valence-corrected chi connectivity index (χ0v) is 17.1. The molecule has 2 aromatic carbocycles. The van der Waals surface area contributed by atoms with Crippen LogP contribution in [0.1, 0.15) is 22.8 Å². The van der Waals surface area contributed by atoms with E-state index in [0.29, 0.717) is 44.8 Å². The van der Waals surface area contributed by atoms with Crippen LogP contribution >= 0.6 is 0 Å². The number of amides is 3. The highest BCUT2D eigenvalue weighted by atomic mass is 16.2. The number of para-hydroxylation sites is 1. The van der Waals surface area contributed by atoms with Gasteiger partial charge in [0.05, 0.1) is 6.54 Å². The van der Waals surface area contributed by atoms with Crippen LogP contribution in [-0.4, -0.2) is 66.8 Å². The summed E-state index contributed by atoms with van der Waals surface area (Å²) in [5.41, 5.74) is 3.41. The van der Waals surface area contributed by atoms with Crippen molar-refractivity contribution in [3.05, 3.63) is 59.7 Å². The fourth-order valence-corrected chi connectivity index (χ4v) is 4.08. The van der Waals surface area contributed by atoms with Gasteiger partial charge in [-0.3, -0.25) is 19.3 Å². The van der Waals surface area contributed by atoms with Crippen LogP contribution in [0.15, 0.2) is 48.5 Å². The lowest BCUT2D eigenvalue weighted by Crippen LogP contribution is -2.50. The Morgan fingerprint density at radius 1 is 0.933 bits per heavy atom. The highest BCUT2D eigenvalue weighted by Crippen LogP contribution is 2.29. The van der Waals surface area contributed by atoms with E-state index in [1.807, 2.05) is 53.4 Å². The molecule has 0 atom stereocenters. The summed E-state index contributed by atoms with van der Waals surface area (Å²) >= 11 is 0. The first kappa shape index (κ1) is 20.1. The van der Waals surface area contributed by atoms with Gasteiger partial charge in [-0.25, -0.2) is 0 Å². The average molecular weight is 406 g/mol. The van der Waals surface area contributed by atoms with Crippen LogP contribution in [0, 0.1) is 0 Å². The van der Waals surface area contributed by atoms with Gasteiger partial charge >= 0.3 is 0 Å². The van der Waals surface area contributed by atoms with Crippen molar-refractivity contribution in [2.24, 2.45) is 0 Å². The number of piperazine rings is 1. The van der Waals surface area contributed by atoms with E-state index < -0.39 is 0 Å². The number of fused-ring (bicyclic) bond motifs is 1. The summed E-state index contributed by atoms with van der Waals surface area (Å²) in [4.78, 5) is 42.5. The van der Waals surface area contributed by atoms with Crippen LogP contribution < -0.4 is 10.2 Å². The quantitative estimate of drug-likeness (QED) is 0.843. The molecule has 156 valence electrons. The third-order valence-corrected chi connectivity index (χ3v) is 5.69. The Hall–Kier alpha value is -3.19. The van der Waals surface area contributed by atoms with E-state index in [2.05, 4.69) is 10.2 Å². The van der Waals surface area contributed by atoms with Crippen LogP contribution in [0.25, 0.3) is 0 Å². The minimum atomic E-state index is -0.0466. The topological polar surface area (TPSA) is 73.0 Å². The molecule has 7 heteroatoms. The second kappa shape index (κ2) is 8.67. The zero-order chi connectivity index (χ0) is 21.1. The summed E-state index contributed by atoms with van der Waals surface area (Å²) in [7, 11) is 0. The van der Waals surface area contributed by atoms with Gasteiger partial charge in [-0.1, -0.05) is 18.2 Å². The first-order valence-electron chi connectivity index (χ1n) is 10.3. The fourth-order valence-electron chi connectivity index (χ4n) is 4.08. The van der Waals surface area contributed by atoms with Crippen molar-refractivity contribution in [1.29, 1.82) is 0 Å². The van der Waals surface area contributed by atoms with Gasteiger partial charge in [0.15, 0.2) is 0 Å². The van der Waals surface area contributed by atoms with Crippen LogP contribution in [-0.2, 0) is 16.0 Å². The number of nitrogens with zero attached hydrogens (tertiary/aromatic N) is 3. The summed E-state index contributed by atoms with van der Waals surface area (Å²) < 4.78 is 0. The summed E-state index contributed by atoms with van der Waals surface area (Å²) in [6.07, 6.45) is 0.778. The predicted octanol–water partition coefficient (Wildman–Crippen LogP) is 1.99. The molecule has 1 saturated heterocycles. The lowest BCUT2D eigenvalue weighted by molar-refractivity contribution is -0.118. The number of nitrogens with one attached hydrogen (secondary N) is 1. The molecule has 2 aliphatic rings. The van der Waals surface area contributed by atoms with Gasteiger partial charge in [0.2, 0.25) is 11.8 Å². The van der Waals surface area contributed by atoms with Gasteiger partial charge in [-0.15, -0.1) is 0 Å². The molecule has 0 unspecified atom stereocenters. The van der Waals surface area contributed by atoms with E-state index in [-0.39, 0.29) is 17.7 Å². The first-order chi connectivity index (χ1) is 14.5. The van der Waals surface area contributed by atoms with Crippen molar-refractivity contribution in [2.45, 2.75) is 13.3 Å². The highest BCUT2D eigenvalue weighted by Gasteiger charge is 2.26. The molecule has 0 aromatic heterocycles. The fraction of sp³-hybridized carbons (Fsp3) is 0.348. The maximum atomic E-state index is 12.9. The van der Waals surface area contributed by atoms with E-state index >= 15 is 0 Å². The van der Waals surface area contributed by atoms with Crippen LogP contribution in [0.5, 0.6) is 0 Å². The molecule has 1 fully saturated rings. The Bertz CT molecular complexity index is 952. The first-order valence-corrected chi connectivity index (χ1v) is 10.3. The molecule has 0 saturated carbocycles. The molecule has 3 amide bonds. The van der Waals surface area contributed by atoms with E-state index in [9.17, 15) is 14.4 Å². The number of carbonyl (C=O) groups is 3. The third kappa shape index (κ3) is 4.36. The van der Waals surface area contributed by atoms with Gasteiger partial charge in [-0.05, 0) is 42.3 Å². The van der Waals surface area contributed by atoms with Gasteiger partial charge in [0, 0.05) is 56.6 Å². The molecular weight excluding hydrogens is 380 g/mol. The summed E-state index contributed by atoms with van der Waals surface area (Å²) in [5, 5.41) is 2.90. The Labute approximate surface area is 176 Å². The van der Waals surface area contributed by atoms with E-state index in [0.717, 1.165) is 23.4 Å². The van der Waals surface area contributed by atoms with E-state index in [1.54, 1.807) is 11.8 Å². The second-order valence-corrected chi connectivity index (χ2v) is 7.75. The predicted molar refractivity (Wildman–Crippen MR) is 116 cm³/mol. The van der Waals surface area contributed by atoms with Gasteiger partial charge in [0.1, 0.15) is 0 Å². The molecule has 2 aromatic rings. The van der Waals surface area contributed by atoms with Crippen molar-refractivity contribution >= 4 is 29.1 Å². The number of hydrogen-bond donors (Lipinski definition) is 1. The molecule has 7 nitrogen and oxygen atoms in total. The summed E-state index contributed by atoms with van der Waals surface area (Å²) in [6, 6.07) is 15.0. The largest absolute Gasteiger partial charge is 0.336 e. The maximum absolute atomic E-state index is 12.9. The minimum absolute atomic E-state index is 0.00691. The number of hydrogen-bond acceptors (Lipinski definition) is 4. The Kier molecular flexibility index (Phi) is 5.81. The number of carbonyl (C=O) groups excluding carboxylic acids is 3. The Morgan fingerprint density at radius 3 is 2.37 bits per heavy atom. The van der Waals surface area contributed by atoms with Crippen molar-refractivity contribution in [3.8, 4) is 0 Å². The second-order valence-electron chi connectivity index (χ2n) is 7.75. The molecule has 1 N–H and O–H groups in total. The normalized spacial score (nSPS) is 16.3. The number of rotatable bonds is 4. The zero-order valence-electron chi connectivity index (χ0n) is 17.1. The Morgan fingerprint density at radius 2 is 1.67 bits per heavy atom. The molecule has 2 heterocycles. The minimum Gasteiger partial charge on any atom is -0.336 e. The molecule has 0 spiro atoms. The van der Waals surface area contributed by atoms with Gasteiger partial charge in [-0.2, -0.15) is 0 Å². The molecule has 30 heavy (non-hydrogen) atoms. The molecule has 0 aliphatic carbocycles. The lowest BCUT2D eigenvalue weighted by atomic mass is 10.1. The Balaban J connectivity index is 1.30. The van der Waals surface area contributed by atoms with Crippen molar-refractivity contribution in [3.63, 3.8) is 0 Å². The monoisotopic (exact) mass is 406 g/mol. The van der Waals surface area contributed by atoms with Crippen LogP contribution in [0.3, 0.4) is 0 Å². The molecular formula is C23H26N4O3. The molecule has 4 rings (SSSR count). The standard InChI is InChI=1S/C23H26N4O3/c1-17(28)27-10-9-18-15-19(7-8-21(18)27)23(30)26-13-11-25(12-14-26)16-22(29)24-20-5-3-2-4-6-20/h2-8,15H,9-14,16H2,1H3,(H,24,29). The summed E-state index contributed by atoms with van der Waals surface area (Å²) in [6.45, 7) is 5.06. The van der Waals surface area contributed by atoms with E-state index in [1.165, 1.54) is 0 Å². The van der Waals surface area contributed by atoms with Crippen LogP contribution in [0.2, 0.25) is 0 Å². The summed E-state index contributed by atoms with van der Waals surface area (Å²) in [5.74, 6) is -0.0117. The third-order valence-electron chi connectivity index (χ3n) is 5.69. The van der Waals surface area contributed by atoms with E-state index in [4.69, 9.17) is 0 Å². The van der Waals surface area contributed by atoms with Crippen molar-refractivity contribution in [1.82, 2.24) is 9.80 Å². The highest BCUT2D eigenvalue weighted by molar-refractivity contribution is 5.98. The average Bonchev–Trinajstić information content (AvgIpc) is 3.18. The maximum Gasteiger partial charge on any atom is 0.253 e. The van der Waals surface area contributed by atoms with Crippen molar-refractivity contribution in [2.75, 3.05) is 49.5 Å². The van der Waals surface area contributed by atoms with Crippen LogP contribution in [0.4, 0.5) is 11.4 Å². The molecule has 2 aliphatic heterocycles. The number of benzene rings is 2. The van der Waals surface area contributed by atoms with Gasteiger partial charge in [0.25, 0.3) is 5.91 Å². The van der Waals surface area contributed by atoms with Gasteiger partial charge < -0.3 is 15.1 Å².